The fourth-order valence-electron chi connectivity index (χ4n) is 3.58. The fraction of sp³-hybridized carbons (Fsp3) is 0.217. The number of carbonyl (C=O) groups excluding carboxylic acids is 1. The van der Waals surface area contributed by atoms with E-state index in [4.69, 9.17) is 4.74 Å². The maximum atomic E-state index is 13.0. The summed E-state index contributed by atoms with van der Waals surface area (Å²) in [7, 11) is 1.60. The molecule has 1 saturated heterocycles. The van der Waals surface area contributed by atoms with Crippen molar-refractivity contribution in [2.45, 2.75) is 6.04 Å². The number of benzene rings is 2. The molecule has 0 spiro atoms. The van der Waals surface area contributed by atoms with E-state index in [1.165, 1.54) is 5.56 Å². The van der Waals surface area contributed by atoms with Gasteiger partial charge in [0.25, 0.3) is 5.91 Å². The Balaban J connectivity index is 1.55. The number of nitrogens with one attached hydrogen (secondary N) is 2. The highest BCUT2D eigenvalue weighted by Crippen LogP contribution is 2.25. The van der Waals surface area contributed by atoms with Gasteiger partial charge in [-0.15, -0.1) is 0 Å². The van der Waals surface area contributed by atoms with Gasteiger partial charge in [-0.25, -0.2) is 4.98 Å². The molecule has 1 aromatic heterocycles. The molecule has 29 heavy (non-hydrogen) atoms. The molecule has 6 heteroatoms. The van der Waals surface area contributed by atoms with Crippen LogP contribution in [-0.4, -0.2) is 37.6 Å². The highest BCUT2D eigenvalue weighted by Gasteiger charge is 2.25. The maximum Gasteiger partial charge on any atom is 0.259 e. The first-order valence-corrected chi connectivity index (χ1v) is 9.68. The summed E-state index contributed by atoms with van der Waals surface area (Å²) in [6.07, 6.45) is 1.73. The summed E-state index contributed by atoms with van der Waals surface area (Å²) < 4.78 is 5.24. The molecule has 2 aromatic carbocycles. The number of hydrogen-bond acceptors (Lipinski definition) is 5. The van der Waals surface area contributed by atoms with E-state index in [0.717, 1.165) is 19.6 Å². The zero-order chi connectivity index (χ0) is 20.1. The van der Waals surface area contributed by atoms with Crippen molar-refractivity contribution in [3.05, 3.63) is 84.1 Å². The van der Waals surface area contributed by atoms with E-state index in [1.807, 2.05) is 42.5 Å². The molecule has 1 amide bonds. The van der Waals surface area contributed by atoms with Crippen molar-refractivity contribution < 1.29 is 9.53 Å². The molecule has 0 bridgehead atoms. The van der Waals surface area contributed by atoms with Gasteiger partial charge in [0.05, 0.1) is 12.7 Å². The van der Waals surface area contributed by atoms with Crippen LogP contribution in [0.15, 0.2) is 72.9 Å². The van der Waals surface area contributed by atoms with Gasteiger partial charge in [-0.05, 0) is 29.8 Å². The predicted octanol–water partition coefficient (Wildman–Crippen LogP) is 3.49. The third-order valence-corrected chi connectivity index (χ3v) is 5.04. The molecule has 1 aliphatic heterocycles. The van der Waals surface area contributed by atoms with Crippen LogP contribution in [-0.2, 0) is 0 Å². The van der Waals surface area contributed by atoms with Gasteiger partial charge < -0.3 is 20.3 Å². The standard InChI is InChI=1S/C23H24N4O2/c1-29-19-10-5-9-18(15-19)26-23(28)20-11-6-12-25-22(20)27-14-13-24-21(16-27)17-7-3-2-4-8-17/h2-12,15,21,24H,13-14,16H2,1H3,(H,26,28)/t21-/m1/s1. The van der Waals surface area contributed by atoms with E-state index in [1.54, 1.807) is 25.4 Å². The number of anilines is 2. The van der Waals surface area contributed by atoms with Crippen LogP contribution in [0.1, 0.15) is 22.0 Å². The Morgan fingerprint density at radius 2 is 2.00 bits per heavy atom. The van der Waals surface area contributed by atoms with Gasteiger partial charge >= 0.3 is 0 Å². The van der Waals surface area contributed by atoms with Crippen molar-refractivity contribution in [2.75, 3.05) is 37.0 Å². The highest BCUT2D eigenvalue weighted by atomic mass is 16.5. The number of hydrogen-bond donors (Lipinski definition) is 2. The molecule has 1 fully saturated rings. The van der Waals surface area contributed by atoms with Crippen molar-refractivity contribution in [3.8, 4) is 5.75 Å². The summed E-state index contributed by atoms with van der Waals surface area (Å²) >= 11 is 0. The van der Waals surface area contributed by atoms with Gasteiger partial charge in [0, 0.05) is 43.6 Å². The number of carbonyl (C=O) groups is 1. The van der Waals surface area contributed by atoms with Gasteiger partial charge in [0.1, 0.15) is 11.6 Å². The minimum atomic E-state index is -0.184. The Bertz CT molecular complexity index is 977. The number of rotatable bonds is 5. The molecule has 4 rings (SSSR count). The van der Waals surface area contributed by atoms with Crippen LogP contribution in [0.5, 0.6) is 5.75 Å². The van der Waals surface area contributed by atoms with Crippen molar-refractivity contribution in [3.63, 3.8) is 0 Å². The lowest BCUT2D eigenvalue weighted by molar-refractivity contribution is 0.102. The normalized spacial score (nSPS) is 16.3. The molecule has 0 radical (unpaired) electrons. The lowest BCUT2D eigenvalue weighted by atomic mass is 10.0. The molecule has 148 valence electrons. The second kappa shape index (κ2) is 8.75. The number of aromatic nitrogens is 1. The van der Waals surface area contributed by atoms with E-state index in [2.05, 4.69) is 32.7 Å². The third-order valence-electron chi connectivity index (χ3n) is 5.04. The summed E-state index contributed by atoms with van der Waals surface area (Å²) in [5.74, 6) is 1.22. The summed E-state index contributed by atoms with van der Waals surface area (Å²) in [5, 5.41) is 6.51. The van der Waals surface area contributed by atoms with Gasteiger partial charge in [-0.3, -0.25) is 4.79 Å². The first-order chi connectivity index (χ1) is 14.2. The Kier molecular flexibility index (Phi) is 5.72. The number of amides is 1. The molecular weight excluding hydrogens is 364 g/mol. The third kappa shape index (κ3) is 4.38. The predicted molar refractivity (Wildman–Crippen MR) is 115 cm³/mol. The number of nitrogens with zero attached hydrogens (tertiary/aromatic N) is 2. The quantitative estimate of drug-likeness (QED) is 0.700. The van der Waals surface area contributed by atoms with Crippen LogP contribution in [0.25, 0.3) is 0 Å². The number of piperazine rings is 1. The molecule has 2 N–H and O–H groups in total. The summed E-state index contributed by atoms with van der Waals surface area (Å²) in [6, 6.07) is 21.5. The topological polar surface area (TPSA) is 66.5 Å². The van der Waals surface area contributed by atoms with E-state index in [0.29, 0.717) is 22.8 Å². The van der Waals surface area contributed by atoms with Crippen LogP contribution in [0.2, 0.25) is 0 Å². The molecular formula is C23H24N4O2. The Morgan fingerprint density at radius 1 is 1.14 bits per heavy atom. The molecule has 0 unspecified atom stereocenters. The molecule has 1 atom stereocenters. The highest BCUT2D eigenvalue weighted by molar-refractivity contribution is 6.07. The van der Waals surface area contributed by atoms with Crippen LogP contribution < -0.4 is 20.3 Å². The van der Waals surface area contributed by atoms with E-state index < -0.39 is 0 Å². The number of methoxy groups -OCH3 is 1. The number of pyridine rings is 1. The minimum absolute atomic E-state index is 0.184. The zero-order valence-electron chi connectivity index (χ0n) is 16.3. The van der Waals surface area contributed by atoms with E-state index >= 15 is 0 Å². The second-order valence-electron chi connectivity index (χ2n) is 6.92. The van der Waals surface area contributed by atoms with E-state index in [9.17, 15) is 4.79 Å². The van der Waals surface area contributed by atoms with Gasteiger partial charge in [-0.1, -0.05) is 36.4 Å². The molecule has 0 saturated carbocycles. The van der Waals surface area contributed by atoms with Crippen LogP contribution in [0.4, 0.5) is 11.5 Å². The monoisotopic (exact) mass is 388 g/mol. The maximum absolute atomic E-state index is 13.0. The molecule has 6 nitrogen and oxygen atoms in total. The first-order valence-electron chi connectivity index (χ1n) is 9.68. The lowest BCUT2D eigenvalue weighted by Gasteiger charge is -2.35. The van der Waals surface area contributed by atoms with Crippen molar-refractivity contribution in [2.24, 2.45) is 0 Å². The van der Waals surface area contributed by atoms with Crippen LogP contribution in [0.3, 0.4) is 0 Å². The molecule has 1 aliphatic rings. The van der Waals surface area contributed by atoms with Gasteiger partial charge in [-0.2, -0.15) is 0 Å². The van der Waals surface area contributed by atoms with Gasteiger partial charge in [0.2, 0.25) is 0 Å². The summed E-state index contributed by atoms with van der Waals surface area (Å²) in [4.78, 5) is 19.7. The van der Waals surface area contributed by atoms with Crippen LogP contribution in [0, 0.1) is 0 Å². The number of ether oxygens (including phenoxy) is 1. The largest absolute Gasteiger partial charge is 0.497 e. The SMILES string of the molecule is COc1cccc(NC(=O)c2cccnc2N2CCN[C@@H](c3ccccc3)C2)c1. The molecule has 0 aliphatic carbocycles. The fourth-order valence-corrected chi connectivity index (χ4v) is 3.58. The van der Waals surface area contributed by atoms with Gasteiger partial charge in [0.15, 0.2) is 0 Å². The smallest absolute Gasteiger partial charge is 0.259 e. The molecule has 2 heterocycles. The second-order valence-corrected chi connectivity index (χ2v) is 6.92. The van der Waals surface area contributed by atoms with Crippen molar-refractivity contribution in [1.82, 2.24) is 10.3 Å². The van der Waals surface area contributed by atoms with Crippen molar-refractivity contribution in [1.29, 1.82) is 0 Å². The summed E-state index contributed by atoms with van der Waals surface area (Å²) in [6.45, 7) is 2.37. The molecule has 3 aromatic rings. The van der Waals surface area contributed by atoms with Crippen LogP contribution >= 0.6 is 0 Å². The average molecular weight is 388 g/mol. The van der Waals surface area contributed by atoms with E-state index in [-0.39, 0.29) is 11.9 Å². The van der Waals surface area contributed by atoms with Crippen molar-refractivity contribution >= 4 is 17.4 Å². The Hall–Kier alpha value is -3.38. The lowest BCUT2D eigenvalue weighted by Crippen LogP contribution is -2.46. The first kappa shape index (κ1) is 19.0. The summed E-state index contributed by atoms with van der Waals surface area (Å²) in [5.41, 5.74) is 2.48. The Labute approximate surface area is 170 Å². The average Bonchev–Trinajstić information content (AvgIpc) is 2.80. The Morgan fingerprint density at radius 3 is 2.83 bits per heavy atom. The zero-order valence-corrected chi connectivity index (χ0v) is 16.3. The minimum Gasteiger partial charge on any atom is -0.497 e.